The molecule has 0 amide bonds. The SMILES string of the molecule is Clc1ccc2c(c1)c1ccccc1c1c3ccc(N(c4ccccc4)c4ccccc4)cc3oc21. The predicted octanol–water partition coefficient (Wildman–Crippen LogP) is 10.0. The van der Waals surface area contributed by atoms with Gasteiger partial charge in [-0.1, -0.05) is 72.3 Å². The second-order valence-electron chi connectivity index (χ2n) is 8.73. The zero-order chi connectivity index (χ0) is 23.4. The van der Waals surface area contributed by atoms with Crippen LogP contribution in [0.25, 0.3) is 43.5 Å². The maximum Gasteiger partial charge on any atom is 0.143 e. The molecule has 3 heteroatoms. The topological polar surface area (TPSA) is 16.4 Å². The fourth-order valence-corrected chi connectivity index (χ4v) is 5.33. The highest BCUT2D eigenvalue weighted by atomic mass is 35.5. The van der Waals surface area contributed by atoms with Gasteiger partial charge in [0.2, 0.25) is 0 Å². The largest absolute Gasteiger partial charge is 0.455 e. The Bertz CT molecular complexity index is 1820. The van der Waals surface area contributed by atoms with Crippen molar-refractivity contribution in [2.75, 3.05) is 4.90 Å². The predicted molar refractivity (Wildman–Crippen MR) is 148 cm³/mol. The number of benzene rings is 6. The van der Waals surface area contributed by atoms with Crippen LogP contribution in [0, 0.1) is 0 Å². The molecule has 0 saturated heterocycles. The van der Waals surface area contributed by atoms with Crippen molar-refractivity contribution in [3.63, 3.8) is 0 Å². The highest BCUT2D eigenvalue weighted by Crippen LogP contribution is 2.43. The minimum atomic E-state index is 0.724. The number of para-hydroxylation sites is 2. The van der Waals surface area contributed by atoms with Crippen LogP contribution in [0.5, 0.6) is 0 Å². The summed E-state index contributed by atoms with van der Waals surface area (Å²) in [6, 6.07) is 41.9. The van der Waals surface area contributed by atoms with E-state index in [9.17, 15) is 0 Å². The Morgan fingerprint density at radius 2 is 1.11 bits per heavy atom. The first-order valence-corrected chi connectivity index (χ1v) is 12.0. The van der Waals surface area contributed by atoms with E-state index in [0.717, 1.165) is 54.8 Å². The summed E-state index contributed by atoms with van der Waals surface area (Å²) in [6.07, 6.45) is 0. The molecule has 0 radical (unpaired) electrons. The third kappa shape index (κ3) is 3.18. The van der Waals surface area contributed by atoms with Gasteiger partial charge in [0.1, 0.15) is 11.2 Å². The number of halogens is 1. The Balaban J connectivity index is 1.54. The van der Waals surface area contributed by atoms with Crippen LogP contribution in [-0.4, -0.2) is 0 Å². The smallest absolute Gasteiger partial charge is 0.143 e. The highest BCUT2D eigenvalue weighted by molar-refractivity contribution is 6.34. The lowest BCUT2D eigenvalue weighted by atomic mass is 9.97. The van der Waals surface area contributed by atoms with Crippen molar-refractivity contribution in [3.05, 3.63) is 126 Å². The Hall–Kier alpha value is -4.27. The van der Waals surface area contributed by atoms with Crippen LogP contribution in [-0.2, 0) is 0 Å². The van der Waals surface area contributed by atoms with Gasteiger partial charge in [0.25, 0.3) is 0 Å². The van der Waals surface area contributed by atoms with Crippen molar-refractivity contribution in [1.82, 2.24) is 0 Å². The number of hydrogen-bond acceptors (Lipinski definition) is 2. The summed E-state index contributed by atoms with van der Waals surface area (Å²) >= 11 is 6.38. The van der Waals surface area contributed by atoms with Gasteiger partial charge in [-0.05, 0) is 70.8 Å². The van der Waals surface area contributed by atoms with Crippen LogP contribution < -0.4 is 4.90 Å². The molecule has 1 heterocycles. The first-order valence-electron chi connectivity index (χ1n) is 11.6. The highest BCUT2D eigenvalue weighted by Gasteiger charge is 2.18. The second-order valence-corrected chi connectivity index (χ2v) is 9.17. The molecule has 1 aromatic heterocycles. The first-order chi connectivity index (χ1) is 17.3. The Morgan fingerprint density at radius 3 is 1.83 bits per heavy atom. The van der Waals surface area contributed by atoms with Gasteiger partial charge in [-0.25, -0.2) is 0 Å². The number of nitrogens with zero attached hydrogens (tertiary/aromatic N) is 1. The molecule has 166 valence electrons. The molecule has 35 heavy (non-hydrogen) atoms. The molecule has 0 fully saturated rings. The molecule has 0 saturated carbocycles. The van der Waals surface area contributed by atoms with Crippen molar-refractivity contribution in [2.45, 2.75) is 0 Å². The lowest BCUT2D eigenvalue weighted by molar-refractivity contribution is 0.673. The van der Waals surface area contributed by atoms with Crippen molar-refractivity contribution >= 4 is 72.1 Å². The van der Waals surface area contributed by atoms with Gasteiger partial charge >= 0.3 is 0 Å². The average molecular weight is 470 g/mol. The number of furan rings is 1. The lowest BCUT2D eigenvalue weighted by Crippen LogP contribution is -2.09. The quantitative estimate of drug-likeness (QED) is 0.239. The minimum absolute atomic E-state index is 0.724. The average Bonchev–Trinajstić information content (AvgIpc) is 3.29. The Kier molecular flexibility index (Phi) is 4.54. The van der Waals surface area contributed by atoms with Crippen molar-refractivity contribution < 1.29 is 4.42 Å². The van der Waals surface area contributed by atoms with E-state index in [1.165, 1.54) is 10.8 Å². The fourth-order valence-electron chi connectivity index (χ4n) is 5.16. The zero-order valence-electron chi connectivity index (χ0n) is 18.8. The maximum absolute atomic E-state index is 6.61. The summed E-state index contributed by atoms with van der Waals surface area (Å²) in [4.78, 5) is 2.25. The second kappa shape index (κ2) is 7.90. The molecule has 7 aromatic rings. The van der Waals surface area contributed by atoms with Crippen LogP contribution in [0.1, 0.15) is 0 Å². The van der Waals surface area contributed by atoms with E-state index in [0.29, 0.717) is 0 Å². The van der Waals surface area contributed by atoms with Crippen LogP contribution in [0.2, 0.25) is 5.02 Å². The molecule has 0 aliphatic rings. The molecule has 0 aliphatic heterocycles. The van der Waals surface area contributed by atoms with Gasteiger partial charge in [-0.2, -0.15) is 0 Å². The van der Waals surface area contributed by atoms with E-state index in [2.05, 4.69) is 102 Å². The molecule has 0 N–H and O–H groups in total. The monoisotopic (exact) mass is 469 g/mol. The van der Waals surface area contributed by atoms with E-state index >= 15 is 0 Å². The summed E-state index contributed by atoms with van der Waals surface area (Å²) in [5, 5.41) is 7.51. The summed E-state index contributed by atoms with van der Waals surface area (Å²) in [7, 11) is 0. The molecule has 2 nitrogen and oxygen atoms in total. The molecule has 0 atom stereocenters. The van der Waals surface area contributed by atoms with Gasteiger partial charge in [0.05, 0.1) is 0 Å². The standard InChI is InChI=1S/C32H20ClNO/c33-21-15-17-27-29(19-21)25-13-7-8-14-26(25)31-28-18-16-24(20-30(28)35-32(27)31)34(22-9-3-1-4-10-22)23-11-5-2-6-12-23/h1-20H. The Morgan fingerprint density at radius 1 is 0.486 bits per heavy atom. The Labute approximate surface area is 207 Å². The summed E-state index contributed by atoms with van der Waals surface area (Å²) < 4.78 is 6.61. The van der Waals surface area contributed by atoms with Gasteiger partial charge < -0.3 is 9.32 Å². The van der Waals surface area contributed by atoms with E-state index in [1.54, 1.807) is 0 Å². The van der Waals surface area contributed by atoms with Gasteiger partial charge in [0.15, 0.2) is 0 Å². The van der Waals surface area contributed by atoms with Crippen LogP contribution >= 0.6 is 11.6 Å². The van der Waals surface area contributed by atoms with E-state index in [4.69, 9.17) is 16.0 Å². The number of rotatable bonds is 3. The molecular weight excluding hydrogens is 450 g/mol. The first kappa shape index (κ1) is 20.1. The zero-order valence-corrected chi connectivity index (χ0v) is 19.5. The molecule has 6 aromatic carbocycles. The molecular formula is C32H20ClNO. The van der Waals surface area contributed by atoms with Crippen molar-refractivity contribution in [2.24, 2.45) is 0 Å². The van der Waals surface area contributed by atoms with Crippen molar-refractivity contribution in [3.8, 4) is 0 Å². The van der Waals surface area contributed by atoms with Gasteiger partial charge in [-0.15, -0.1) is 0 Å². The van der Waals surface area contributed by atoms with E-state index in [1.807, 2.05) is 24.3 Å². The van der Waals surface area contributed by atoms with E-state index in [-0.39, 0.29) is 0 Å². The van der Waals surface area contributed by atoms with Crippen molar-refractivity contribution in [1.29, 1.82) is 0 Å². The summed E-state index contributed by atoms with van der Waals surface area (Å²) in [5.74, 6) is 0. The van der Waals surface area contributed by atoms with Crippen LogP contribution in [0.4, 0.5) is 17.1 Å². The maximum atomic E-state index is 6.61. The fraction of sp³-hybridized carbons (Fsp3) is 0. The van der Waals surface area contributed by atoms with Gasteiger partial charge in [0, 0.05) is 44.3 Å². The molecule has 0 aliphatic carbocycles. The minimum Gasteiger partial charge on any atom is -0.455 e. The molecule has 0 spiro atoms. The summed E-state index contributed by atoms with van der Waals surface area (Å²) in [5.41, 5.74) is 5.00. The van der Waals surface area contributed by atoms with E-state index < -0.39 is 0 Å². The molecule has 7 rings (SSSR count). The number of fused-ring (bicyclic) bond motifs is 8. The summed E-state index contributed by atoms with van der Waals surface area (Å²) in [6.45, 7) is 0. The third-order valence-electron chi connectivity index (χ3n) is 6.67. The lowest BCUT2D eigenvalue weighted by Gasteiger charge is -2.25. The third-order valence-corrected chi connectivity index (χ3v) is 6.91. The van der Waals surface area contributed by atoms with Crippen LogP contribution in [0.15, 0.2) is 126 Å². The molecule has 0 bridgehead atoms. The number of hydrogen-bond donors (Lipinski definition) is 0. The van der Waals surface area contributed by atoms with Crippen LogP contribution in [0.3, 0.4) is 0 Å². The number of anilines is 3. The molecule has 0 unspecified atom stereocenters. The normalized spacial score (nSPS) is 11.6. The van der Waals surface area contributed by atoms with Gasteiger partial charge in [-0.3, -0.25) is 0 Å².